The van der Waals surface area contributed by atoms with E-state index >= 15 is 0 Å². The second-order valence-electron chi connectivity index (χ2n) is 6.94. The van der Waals surface area contributed by atoms with Gasteiger partial charge in [0, 0.05) is 30.2 Å². The van der Waals surface area contributed by atoms with Gasteiger partial charge < -0.3 is 19.9 Å². The van der Waals surface area contributed by atoms with Crippen molar-refractivity contribution >= 4 is 22.9 Å². The van der Waals surface area contributed by atoms with E-state index < -0.39 is 12.1 Å². The van der Waals surface area contributed by atoms with E-state index in [9.17, 15) is 9.59 Å². The minimum atomic E-state index is -0.666. The zero-order valence-corrected chi connectivity index (χ0v) is 16.9. The van der Waals surface area contributed by atoms with Gasteiger partial charge in [-0.25, -0.2) is 4.79 Å². The molecule has 0 aliphatic heterocycles. The lowest BCUT2D eigenvalue weighted by Crippen LogP contribution is -2.47. The number of fused-ring (bicyclic) bond motifs is 1. The van der Waals surface area contributed by atoms with Crippen LogP contribution >= 0.6 is 0 Å². The van der Waals surface area contributed by atoms with E-state index in [0.29, 0.717) is 19.5 Å². The van der Waals surface area contributed by atoms with Gasteiger partial charge in [-0.2, -0.15) is 0 Å². The monoisotopic (exact) mass is 393 g/mol. The van der Waals surface area contributed by atoms with Gasteiger partial charge >= 0.3 is 6.09 Å². The van der Waals surface area contributed by atoms with Crippen LogP contribution in [0.15, 0.2) is 60.8 Å². The molecule has 29 heavy (non-hydrogen) atoms. The topological polar surface area (TPSA) is 74.4 Å². The molecule has 0 bridgehead atoms. The first-order valence-corrected chi connectivity index (χ1v) is 9.89. The predicted octanol–water partition coefficient (Wildman–Crippen LogP) is 3.87. The van der Waals surface area contributed by atoms with Crippen LogP contribution in [0.1, 0.15) is 25.0 Å². The minimum absolute atomic E-state index is 0.137. The second kappa shape index (κ2) is 9.78. The Labute approximate surface area is 170 Å². The van der Waals surface area contributed by atoms with Crippen LogP contribution in [0.25, 0.3) is 10.9 Å². The molecule has 0 radical (unpaired) electrons. The molecule has 152 valence electrons. The van der Waals surface area contributed by atoms with E-state index in [0.717, 1.165) is 22.0 Å². The molecule has 2 amide bonds. The fraction of sp³-hybridized carbons (Fsp3) is 0.304. The predicted molar refractivity (Wildman–Crippen MR) is 113 cm³/mol. The van der Waals surface area contributed by atoms with Crippen LogP contribution in [0.5, 0.6) is 0 Å². The Hall–Kier alpha value is -3.28. The maximum Gasteiger partial charge on any atom is 0.407 e. The number of hydrogen-bond donors (Lipinski definition) is 2. The summed E-state index contributed by atoms with van der Waals surface area (Å²) in [5.74, 6) is -0.137. The number of aromatic nitrogens is 1. The minimum Gasteiger partial charge on any atom is -0.450 e. The number of carbonyl (C=O) groups is 2. The molecule has 2 aromatic carbocycles. The first-order chi connectivity index (χ1) is 14.1. The van der Waals surface area contributed by atoms with Gasteiger partial charge in [-0.1, -0.05) is 48.5 Å². The van der Waals surface area contributed by atoms with Crippen molar-refractivity contribution in [2.24, 2.45) is 0 Å². The number of ether oxygens (including phenoxy) is 1. The highest BCUT2D eigenvalue weighted by molar-refractivity contribution is 5.86. The molecular formula is C23H27N3O3. The summed E-state index contributed by atoms with van der Waals surface area (Å²) in [4.78, 5) is 29.8. The van der Waals surface area contributed by atoms with Crippen LogP contribution in [0.3, 0.4) is 0 Å². The lowest BCUT2D eigenvalue weighted by molar-refractivity contribution is -0.133. The standard InChI is InChI=1S/C23H27N3O3/c1-3-29-23(28)25-17(2)22(27)26(16-18-9-5-4-6-10-18)14-13-19-15-24-21-12-8-7-11-20(19)21/h4-12,15,17,24H,3,13-14,16H2,1-2H3,(H,25,28)/t17-/m0/s1. The van der Waals surface area contributed by atoms with Crippen molar-refractivity contribution in [1.29, 1.82) is 0 Å². The summed E-state index contributed by atoms with van der Waals surface area (Å²) in [6.07, 6.45) is 2.13. The van der Waals surface area contributed by atoms with Crippen LogP contribution in [0.4, 0.5) is 4.79 Å². The first kappa shape index (κ1) is 20.5. The van der Waals surface area contributed by atoms with Crippen molar-refractivity contribution in [2.75, 3.05) is 13.2 Å². The van der Waals surface area contributed by atoms with Gasteiger partial charge in [-0.15, -0.1) is 0 Å². The van der Waals surface area contributed by atoms with Gasteiger partial charge in [0.25, 0.3) is 0 Å². The highest BCUT2D eigenvalue weighted by Crippen LogP contribution is 2.19. The van der Waals surface area contributed by atoms with Gasteiger partial charge in [-0.3, -0.25) is 4.79 Å². The highest BCUT2D eigenvalue weighted by Gasteiger charge is 2.23. The smallest absolute Gasteiger partial charge is 0.407 e. The Morgan fingerprint density at radius 3 is 2.59 bits per heavy atom. The van der Waals surface area contributed by atoms with Crippen LogP contribution in [-0.4, -0.2) is 41.1 Å². The normalized spacial score (nSPS) is 11.8. The Balaban J connectivity index is 1.73. The first-order valence-electron chi connectivity index (χ1n) is 9.89. The summed E-state index contributed by atoms with van der Waals surface area (Å²) in [5, 5.41) is 3.78. The average Bonchev–Trinajstić information content (AvgIpc) is 3.14. The van der Waals surface area contributed by atoms with Gasteiger partial charge in [0.2, 0.25) is 5.91 Å². The summed E-state index contributed by atoms with van der Waals surface area (Å²) < 4.78 is 4.90. The van der Waals surface area contributed by atoms with E-state index in [-0.39, 0.29) is 12.5 Å². The number of nitrogens with one attached hydrogen (secondary N) is 2. The molecule has 0 aliphatic carbocycles. The number of amides is 2. The van der Waals surface area contributed by atoms with Crippen molar-refractivity contribution in [1.82, 2.24) is 15.2 Å². The average molecular weight is 393 g/mol. The molecule has 0 aliphatic rings. The van der Waals surface area contributed by atoms with E-state index in [1.165, 1.54) is 0 Å². The summed E-state index contributed by atoms with van der Waals surface area (Å²) in [7, 11) is 0. The number of H-pyrrole nitrogens is 1. The van der Waals surface area contributed by atoms with Crippen molar-refractivity contribution in [3.8, 4) is 0 Å². The molecule has 0 saturated heterocycles. The van der Waals surface area contributed by atoms with Crippen molar-refractivity contribution in [3.05, 3.63) is 71.9 Å². The molecule has 2 N–H and O–H groups in total. The van der Waals surface area contributed by atoms with Crippen LogP contribution in [0, 0.1) is 0 Å². The lowest BCUT2D eigenvalue weighted by atomic mass is 10.1. The third kappa shape index (κ3) is 5.38. The van der Waals surface area contributed by atoms with Gasteiger partial charge in [0.15, 0.2) is 0 Å². The number of nitrogens with zero attached hydrogens (tertiary/aromatic N) is 1. The van der Waals surface area contributed by atoms with Gasteiger partial charge in [0.1, 0.15) is 6.04 Å². The molecule has 0 spiro atoms. The van der Waals surface area contributed by atoms with Gasteiger partial charge in [0.05, 0.1) is 6.61 Å². The molecule has 1 heterocycles. The Morgan fingerprint density at radius 1 is 1.10 bits per heavy atom. The number of benzene rings is 2. The summed E-state index contributed by atoms with van der Waals surface area (Å²) in [6.45, 7) is 4.71. The van der Waals surface area contributed by atoms with E-state index in [1.807, 2.05) is 54.7 Å². The number of alkyl carbamates (subject to hydrolysis) is 1. The zero-order chi connectivity index (χ0) is 20.6. The third-order valence-electron chi connectivity index (χ3n) is 4.83. The molecule has 1 aromatic heterocycles. The molecule has 0 fully saturated rings. The fourth-order valence-electron chi connectivity index (χ4n) is 3.35. The number of rotatable bonds is 8. The van der Waals surface area contributed by atoms with Crippen LogP contribution in [0.2, 0.25) is 0 Å². The quantitative estimate of drug-likeness (QED) is 0.610. The number of hydrogen-bond acceptors (Lipinski definition) is 3. The molecule has 0 saturated carbocycles. The maximum absolute atomic E-state index is 13.1. The molecule has 3 aromatic rings. The molecular weight excluding hydrogens is 366 g/mol. The molecule has 6 heteroatoms. The van der Waals surface area contributed by atoms with Crippen LogP contribution in [-0.2, 0) is 22.5 Å². The number of aromatic amines is 1. The summed E-state index contributed by atoms with van der Waals surface area (Å²) >= 11 is 0. The Kier molecular flexibility index (Phi) is 6.89. The highest BCUT2D eigenvalue weighted by atomic mass is 16.5. The van der Waals surface area contributed by atoms with E-state index in [4.69, 9.17) is 4.74 Å². The molecule has 3 rings (SSSR count). The van der Waals surface area contributed by atoms with Crippen LogP contribution < -0.4 is 5.32 Å². The number of carbonyl (C=O) groups excluding carboxylic acids is 2. The SMILES string of the molecule is CCOC(=O)N[C@@H](C)C(=O)N(CCc1c[nH]c2ccccc12)Cc1ccccc1. The van der Waals surface area contributed by atoms with Gasteiger partial charge in [-0.05, 0) is 37.5 Å². The largest absolute Gasteiger partial charge is 0.450 e. The second-order valence-corrected chi connectivity index (χ2v) is 6.94. The molecule has 0 unspecified atom stereocenters. The van der Waals surface area contributed by atoms with Crippen molar-refractivity contribution < 1.29 is 14.3 Å². The maximum atomic E-state index is 13.1. The Bertz CT molecular complexity index is 952. The van der Waals surface area contributed by atoms with Crippen molar-refractivity contribution in [3.63, 3.8) is 0 Å². The fourth-order valence-corrected chi connectivity index (χ4v) is 3.35. The Morgan fingerprint density at radius 2 is 1.83 bits per heavy atom. The third-order valence-corrected chi connectivity index (χ3v) is 4.83. The van der Waals surface area contributed by atoms with Crippen molar-refractivity contribution in [2.45, 2.75) is 32.9 Å². The summed E-state index contributed by atoms with van der Waals surface area (Å²) in [5.41, 5.74) is 3.29. The zero-order valence-electron chi connectivity index (χ0n) is 16.9. The lowest BCUT2D eigenvalue weighted by Gasteiger charge is -2.26. The number of para-hydroxylation sites is 1. The van der Waals surface area contributed by atoms with E-state index in [1.54, 1.807) is 18.7 Å². The molecule has 1 atom stereocenters. The summed E-state index contributed by atoms with van der Waals surface area (Å²) in [6, 6.07) is 17.3. The molecule has 6 nitrogen and oxygen atoms in total. The van der Waals surface area contributed by atoms with E-state index in [2.05, 4.69) is 16.4 Å².